The van der Waals surface area contributed by atoms with Gasteiger partial charge in [-0.2, -0.15) is 0 Å². The summed E-state index contributed by atoms with van der Waals surface area (Å²) in [6, 6.07) is 8.17. The van der Waals surface area contributed by atoms with Crippen LogP contribution in [0.25, 0.3) is 10.9 Å². The minimum atomic E-state index is 0.907. The van der Waals surface area contributed by atoms with E-state index >= 15 is 0 Å². The zero-order chi connectivity index (χ0) is 11.5. The van der Waals surface area contributed by atoms with Crippen LogP contribution in [-0.2, 0) is 0 Å². The van der Waals surface area contributed by atoms with E-state index in [1.807, 2.05) is 12.1 Å². The molecule has 0 aliphatic rings. The van der Waals surface area contributed by atoms with E-state index in [1.165, 1.54) is 5.56 Å². The monoisotopic (exact) mass is 233 g/mol. The maximum atomic E-state index is 5.42. The van der Waals surface area contributed by atoms with Crippen LogP contribution in [0, 0.1) is 6.92 Å². The fourth-order valence-electron chi connectivity index (χ4n) is 1.73. The van der Waals surface area contributed by atoms with Crippen LogP contribution in [0.1, 0.15) is 12.5 Å². The number of aromatic nitrogens is 1. The molecule has 0 aliphatic carbocycles. The standard InChI is InChI=1S/C13H15NOS/c1-4-16-12-8-11(15-3)10-7-5-6-9(2)13(10)14-12/h5-8H,4H2,1-3H3. The number of ether oxygens (including phenoxy) is 1. The zero-order valence-electron chi connectivity index (χ0n) is 9.78. The van der Waals surface area contributed by atoms with E-state index in [0.29, 0.717) is 0 Å². The first-order valence-corrected chi connectivity index (χ1v) is 6.32. The summed E-state index contributed by atoms with van der Waals surface area (Å²) < 4.78 is 5.42. The Hall–Kier alpha value is -1.22. The average molecular weight is 233 g/mol. The molecule has 0 amide bonds. The van der Waals surface area contributed by atoms with E-state index in [2.05, 4.69) is 31.0 Å². The summed E-state index contributed by atoms with van der Waals surface area (Å²) in [6.07, 6.45) is 0. The highest BCUT2D eigenvalue weighted by molar-refractivity contribution is 7.99. The second-order valence-corrected chi connectivity index (χ2v) is 4.85. The molecule has 1 aromatic heterocycles. The van der Waals surface area contributed by atoms with Gasteiger partial charge in [0.2, 0.25) is 0 Å². The maximum Gasteiger partial charge on any atom is 0.130 e. The molecule has 16 heavy (non-hydrogen) atoms. The summed E-state index contributed by atoms with van der Waals surface area (Å²) in [5.41, 5.74) is 2.23. The summed E-state index contributed by atoms with van der Waals surface area (Å²) >= 11 is 1.74. The van der Waals surface area contributed by atoms with Gasteiger partial charge in [0, 0.05) is 11.5 Å². The lowest BCUT2D eigenvalue weighted by Crippen LogP contribution is -1.91. The van der Waals surface area contributed by atoms with E-state index in [1.54, 1.807) is 18.9 Å². The van der Waals surface area contributed by atoms with Crippen LogP contribution in [-0.4, -0.2) is 17.8 Å². The van der Waals surface area contributed by atoms with Crippen LogP contribution in [0.3, 0.4) is 0 Å². The van der Waals surface area contributed by atoms with Gasteiger partial charge in [0.15, 0.2) is 0 Å². The molecule has 84 valence electrons. The van der Waals surface area contributed by atoms with Crippen molar-refractivity contribution in [2.75, 3.05) is 12.9 Å². The van der Waals surface area contributed by atoms with E-state index in [9.17, 15) is 0 Å². The number of fused-ring (bicyclic) bond motifs is 1. The first kappa shape index (κ1) is 11.3. The molecule has 2 aromatic rings. The van der Waals surface area contributed by atoms with E-state index in [0.717, 1.165) is 27.4 Å². The zero-order valence-corrected chi connectivity index (χ0v) is 10.6. The minimum Gasteiger partial charge on any atom is -0.496 e. The highest BCUT2D eigenvalue weighted by Crippen LogP contribution is 2.30. The summed E-state index contributed by atoms with van der Waals surface area (Å²) in [7, 11) is 1.71. The van der Waals surface area contributed by atoms with Gasteiger partial charge >= 0.3 is 0 Å². The first-order valence-electron chi connectivity index (χ1n) is 5.33. The van der Waals surface area contributed by atoms with Gasteiger partial charge < -0.3 is 4.74 Å². The number of rotatable bonds is 3. The number of aryl methyl sites for hydroxylation is 1. The number of hydrogen-bond donors (Lipinski definition) is 0. The number of methoxy groups -OCH3 is 1. The summed E-state index contributed by atoms with van der Waals surface area (Å²) in [4.78, 5) is 4.66. The van der Waals surface area contributed by atoms with Gasteiger partial charge in [-0.3, -0.25) is 0 Å². The van der Waals surface area contributed by atoms with Crippen molar-refractivity contribution in [2.45, 2.75) is 18.9 Å². The molecule has 1 heterocycles. The summed E-state index contributed by atoms with van der Waals surface area (Å²) in [5.74, 6) is 1.93. The highest BCUT2D eigenvalue weighted by atomic mass is 32.2. The smallest absolute Gasteiger partial charge is 0.130 e. The Bertz CT molecular complexity index is 511. The fraction of sp³-hybridized carbons (Fsp3) is 0.308. The molecule has 0 spiro atoms. The Morgan fingerprint density at radius 2 is 2.19 bits per heavy atom. The molecule has 3 heteroatoms. The van der Waals surface area contributed by atoms with Crippen molar-refractivity contribution in [3.8, 4) is 5.75 Å². The Balaban J connectivity index is 2.69. The minimum absolute atomic E-state index is 0.907. The van der Waals surface area contributed by atoms with Crippen molar-refractivity contribution in [3.05, 3.63) is 29.8 Å². The lowest BCUT2D eigenvalue weighted by atomic mass is 10.1. The molecule has 0 fully saturated rings. The molecule has 0 unspecified atom stereocenters. The normalized spacial score (nSPS) is 10.7. The van der Waals surface area contributed by atoms with Crippen LogP contribution < -0.4 is 4.74 Å². The average Bonchev–Trinajstić information content (AvgIpc) is 2.30. The maximum absolute atomic E-state index is 5.42. The lowest BCUT2D eigenvalue weighted by Gasteiger charge is -2.09. The van der Waals surface area contributed by atoms with Crippen LogP contribution in [0.5, 0.6) is 5.75 Å². The van der Waals surface area contributed by atoms with E-state index in [-0.39, 0.29) is 0 Å². The van der Waals surface area contributed by atoms with E-state index in [4.69, 9.17) is 4.74 Å². The Morgan fingerprint density at radius 1 is 1.38 bits per heavy atom. The molecule has 0 bridgehead atoms. The number of benzene rings is 1. The molecular weight excluding hydrogens is 218 g/mol. The SMILES string of the molecule is CCSc1cc(OC)c2cccc(C)c2n1. The third kappa shape index (κ3) is 2.00. The molecule has 0 aliphatic heterocycles. The predicted molar refractivity (Wildman–Crippen MR) is 69.4 cm³/mol. The van der Waals surface area contributed by atoms with Crippen molar-refractivity contribution in [2.24, 2.45) is 0 Å². The van der Waals surface area contributed by atoms with Crippen molar-refractivity contribution >= 4 is 22.7 Å². The van der Waals surface area contributed by atoms with Crippen LogP contribution in [0.15, 0.2) is 29.3 Å². The van der Waals surface area contributed by atoms with Crippen LogP contribution in [0.4, 0.5) is 0 Å². The lowest BCUT2D eigenvalue weighted by molar-refractivity contribution is 0.418. The third-order valence-corrected chi connectivity index (χ3v) is 3.29. The molecule has 0 saturated carbocycles. The molecule has 2 nitrogen and oxygen atoms in total. The number of para-hydroxylation sites is 1. The molecule has 0 radical (unpaired) electrons. The molecular formula is C13H15NOS. The molecule has 0 saturated heterocycles. The predicted octanol–water partition coefficient (Wildman–Crippen LogP) is 3.66. The Kier molecular flexibility index (Phi) is 3.34. The third-order valence-electron chi connectivity index (χ3n) is 2.49. The Labute approximate surface area is 100 Å². The molecule has 0 atom stereocenters. The van der Waals surface area contributed by atoms with Crippen molar-refractivity contribution in [1.29, 1.82) is 0 Å². The molecule has 2 rings (SSSR count). The number of pyridine rings is 1. The highest BCUT2D eigenvalue weighted by Gasteiger charge is 2.07. The van der Waals surface area contributed by atoms with Gasteiger partial charge in [0.05, 0.1) is 12.6 Å². The quantitative estimate of drug-likeness (QED) is 0.755. The number of thioether (sulfide) groups is 1. The number of nitrogens with zero attached hydrogens (tertiary/aromatic N) is 1. The largest absolute Gasteiger partial charge is 0.496 e. The topological polar surface area (TPSA) is 22.1 Å². The van der Waals surface area contributed by atoms with Gasteiger partial charge in [0.1, 0.15) is 10.8 Å². The van der Waals surface area contributed by atoms with Gasteiger partial charge in [-0.25, -0.2) is 4.98 Å². The van der Waals surface area contributed by atoms with Gasteiger partial charge in [-0.1, -0.05) is 19.1 Å². The van der Waals surface area contributed by atoms with Gasteiger partial charge in [-0.15, -0.1) is 11.8 Å². The van der Waals surface area contributed by atoms with E-state index < -0.39 is 0 Å². The second kappa shape index (κ2) is 4.74. The van der Waals surface area contributed by atoms with Crippen molar-refractivity contribution in [3.63, 3.8) is 0 Å². The summed E-state index contributed by atoms with van der Waals surface area (Å²) in [5, 5.41) is 2.11. The Morgan fingerprint density at radius 3 is 2.88 bits per heavy atom. The van der Waals surface area contributed by atoms with Crippen molar-refractivity contribution < 1.29 is 4.74 Å². The summed E-state index contributed by atoms with van der Waals surface area (Å²) in [6.45, 7) is 4.20. The van der Waals surface area contributed by atoms with Gasteiger partial charge in [0.25, 0.3) is 0 Å². The van der Waals surface area contributed by atoms with Crippen LogP contribution in [0.2, 0.25) is 0 Å². The molecule has 0 N–H and O–H groups in total. The first-order chi connectivity index (χ1) is 7.76. The molecule has 1 aromatic carbocycles. The number of hydrogen-bond acceptors (Lipinski definition) is 3. The van der Waals surface area contributed by atoms with Crippen LogP contribution >= 0.6 is 11.8 Å². The second-order valence-electron chi connectivity index (χ2n) is 3.57. The van der Waals surface area contributed by atoms with Gasteiger partial charge in [-0.05, 0) is 24.3 Å². The van der Waals surface area contributed by atoms with Crippen molar-refractivity contribution in [1.82, 2.24) is 4.98 Å². The fourth-order valence-corrected chi connectivity index (χ4v) is 2.37.